The summed E-state index contributed by atoms with van der Waals surface area (Å²) in [7, 11) is -2.58. The minimum Gasteiger partial charge on any atom is -0.508 e. The zero-order chi connectivity index (χ0) is 46.6. The molecule has 0 aliphatic heterocycles. The lowest BCUT2D eigenvalue weighted by Gasteiger charge is -2.12. The number of methoxy groups -OCH3 is 1. The summed E-state index contributed by atoms with van der Waals surface area (Å²) in [6, 6.07) is 34.0. The van der Waals surface area contributed by atoms with Gasteiger partial charge in [-0.2, -0.15) is 18.6 Å². The second kappa shape index (κ2) is 21.1. The number of unbranched alkanes of at least 4 members (excludes halogenated alkanes) is 1. The van der Waals surface area contributed by atoms with E-state index in [0.717, 1.165) is 10.8 Å². The summed E-state index contributed by atoms with van der Waals surface area (Å²) in [6.07, 6.45) is 0.681. The summed E-state index contributed by atoms with van der Waals surface area (Å²) in [4.78, 5) is 13.5. The van der Waals surface area contributed by atoms with Gasteiger partial charge >= 0.3 is 0 Å². The van der Waals surface area contributed by atoms with Crippen molar-refractivity contribution in [2.75, 3.05) is 38.0 Å². The maximum absolute atomic E-state index is 13.5. The third-order valence-electron chi connectivity index (χ3n) is 9.85. The van der Waals surface area contributed by atoms with E-state index in [4.69, 9.17) is 23.5 Å². The number of aromatic hydroxyl groups is 2. The number of rotatable bonds is 19. The van der Waals surface area contributed by atoms with Crippen molar-refractivity contribution in [3.8, 4) is 34.5 Å². The van der Waals surface area contributed by atoms with Gasteiger partial charge in [-0.3, -0.25) is 9.35 Å². The molecule has 7 rings (SSSR count). The molecule has 0 aliphatic rings. The number of fused-ring (bicyclic) bond motifs is 2. The van der Waals surface area contributed by atoms with Crippen LogP contribution in [0.1, 0.15) is 37.0 Å². The van der Waals surface area contributed by atoms with Crippen LogP contribution in [-0.4, -0.2) is 61.8 Å². The summed E-state index contributed by atoms with van der Waals surface area (Å²) in [5.41, 5.74) is 3.16. The molecule has 0 fully saturated rings. The molecule has 0 atom stereocenters. The Bertz CT molecular complexity index is 3090. The molecule has 66 heavy (non-hydrogen) atoms. The van der Waals surface area contributed by atoms with Crippen LogP contribution in [0.5, 0.6) is 34.5 Å². The first-order chi connectivity index (χ1) is 31.9. The van der Waals surface area contributed by atoms with Crippen LogP contribution in [0.15, 0.2) is 152 Å². The lowest BCUT2D eigenvalue weighted by molar-refractivity contribution is 0.102. The first kappa shape index (κ1) is 46.0. The Hall–Kier alpha value is -7.96. The predicted octanol–water partition coefficient (Wildman–Crippen LogP) is 12.8. The second-order valence-corrected chi connectivity index (χ2v) is 16.1. The molecule has 0 aromatic heterocycles. The van der Waals surface area contributed by atoms with Crippen molar-refractivity contribution in [1.82, 2.24) is 0 Å². The van der Waals surface area contributed by atoms with E-state index >= 15 is 0 Å². The highest BCUT2D eigenvalue weighted by Crippen LogP contribution is 2.44. The number of amides is 1. The number of carbonyl (C=O) groups excluding carboxylic acids is 1. The topological polar surface area (TPSA) is 235 Å². The van der Waals surface area contributed by atoms with Crippen LogP contribution in [0.25, 0.3) is 21.5 Å². The molecule has 338 valence electrons. The number of hydrogen-bond acceptors (Lipinski definition) is 15. The van der Waals surface area contributed by atoms with Crippen molar-refractivity contribution in [3.63, 3.8) is 0 Å². The highest BCUT2D eigenvalue weighted by Gasteiger charge is 2.16. The van der Waals surface area contributed by atoms with Gasteiger partial charge in [-0.1, -0.05) is 24.3 Å². The highest BCUT2D eigenvalue weighted by molar-refractivity contribution is 7.85. The fourth-order valence-corrected chi connectivity index (χ4v) is 7.21. The number of nitrogens with one attached hydrogen (secondary N) is 1. The van der Waals surface area contributed by atoms with Gasteiger partial charge in [0.2, 0.25) is 0 Å². The Balaban J connectivity index is 1.06. The Morgan fingerprint density at radius 2 is 1.24 bits per heavy atom. The Labute approximate surface area is 379 Å². The maximum atomic E-state index is 13.5. The van der Waals surface area contributed by atoms with Gasteiger partial charge < -0.3 is 34.5 Å². The van der Waals surface area contributed by atoms with Crippen LogP contribution in [0.2, 0.25) is 0 Å². The third kappa shape index (κ3) is 11.8. The van der Waals surface area contributed by atoms with E-state index in [-0.39, 0.29) is 41.7 Å². The molecule has 0 radical (unpaired) electrons. The van der Waals surface area contributed by atoms with Crippen LogP contribution < -0.4 is 24.3 Å². The fraction of sp³-hybridized carbons (Fsp3) is 0.188. The van der Waals surface area contributed by atoms with Crippen LogP contribution in [0.4, 0.5) is 39.8 Å². The van der Waals surface area contributed by atoms with Gasteiger partial charge in [-0.25, -0.2) is 0 Å². The summed E-state index contributed by atoms with van der Waals surface area (Å²) in [5.74, 6) is 0.847. The zero-order valence-corrected chi connectivity index (χ0v) is 36.9. The van der Waals surface area contributed by atoms with Crippen molar-refractivity contribution < 1.29 is 46.9 Å². The monoisotopic (exact) mass is 911 g/mol. The summed E-state index contributed by atoms with van der Waals surface area (Å²) in [5, 5.41) is 52.6. The third-order valence-corrected chi connectivity index (χ3v) is 10.7. The quantitative estimate of drug-likeness (QED) is 0.0340. The standard InChI is InChI=1S/C48H45N7O10S/c1-4-63-45-29-42(55-53-40-22-12-31-25-35(17-20-37(31)47(40)57)51-50-33-15-18-36(56)19-16-33)46(64-5-2)28-41(45)54-52-39-21-13-32(26-44(39)62-3)48(58)49-34-14-11-30-9-8-10-43(38(30)27-34)65-23-6-7-24-66(59,60)61/h8-22,25-29,56-57H,4-7,23-24H2,1-3H3,(H,49,58)(H,59,60,61)/b51-50+,54-52?,55-53?. The summed E-state index contributed by atoms with van der Waals surface area (Å²) in [6.45, 7) is 4.49. The van der Waals surface area contributed by atoms with Crippen LogP contribution in [0.3, 0.4) is 0 Å². The number of phenolic OH excluding ortho intramolecular Hbond substituents is 2. The molecular formula is C48H45N7O10S. The Morgan fingerprint density at radius 1 is 0.591 bits per heavy atom. The predicted molar refractivity (Wildman–Crippen MR) is 251 cm³/mol. The van der Waals surface area contributed by atoms with Crippen molar-refractivity contribution >= 4 is 77.4 Å². The Kier molecular flexibility index (Phi) is 14.8. The van der Waals surface area contributed by atoms with Gasteiger partial charge in [0, 0.05) is 34.2 Å². The average Bonchev–Trinajstić information content (AvgIpc) is 3.31. The molecule has 7 aromatic carbocycles. The van der Waals surface area contributed by atoms with E-state index in [9.17, 15) is 23.4 Å². The largest absolute Gasteiger partial charge is 0.508 e. The van der Waals surface area contributed by atoms with Gasteiger partial charge in [-0.15, -0.1) is 20.5 Å². The maximum Gasteiger partial charge on any atom is 0.264 e. The minimum absolute atomic E-state index is 0.0792. The molecule has 0 saturated heterocycles. The SMILES string of the molecule is CCOc1cc(N=Nc2ccc3cc(/N=N/c4ccc(O)cc4)ccc3c2O)c(OCC)cc1N=Nc1ccc(C(=O)Nc2ccc3cccc(OCCCCS(=O)(=O)O)c3c2)cc1OC. The number of nitrogens with zero attached hydrogens (tertiary/aromatic N) is 6. The number of azo groups is 3. The number of benzene rings is 7. The van der Waals surface area contributed by atoms with Crippen molar-refractivity contribution in [1.29, 1.82) is 0 Å². The normalized spacial score (nSPS) is 11.8. The molecule has 1 amide bonds. The molecule has 0 spiro atoms. The lowest BCUT2D eigenvalue weighted by atomic mass is 10.1. The van der Waals surface area contributed by atoms with E-state index in [2.05, 4.69) is 36.0 Å². The van der Waals surface area contributed by atoms with Gasteiger partial charge in [0.1, 0.15) is 51.5 Å². The van der Waals surface area contributed by atoms with Gasteiger partial charge in [0.05, 0.1) is 44.1 Å². The number of hydrogen-bond donors (Lipinski definition) is 4. The molecular weight excluding hydrogens is 867 g/mol. The van der Waals surface area contributed by atoms with Crippen LogP contribution in [-0.2, 0) is 10.1 Å². The van der Waals surface area contributed by atoms with E-state index in [1.54, 1.807) is 91.0 Å². The van der Waals surface area contributed by atoms with E-state index in [1.165, 1.54) is 19.2 Å². The molecule has 7 aromatic rings. The van der Waals surface area contributed by atoms with Crippen LogP contribution in [0, 0.1) is 0 Å². The molecule has 0 aliphatic carbocycles. The van der Waals surface area contributed by atoms with Crippen LogP contribution >= 0.6 is 0 Å². The van der Waals surface area contributed by atoms with Gasteiger partial charge in [-0.05, 0) is 122 Å². The van der Waals surface area contributed by atoms with E-state index < -0.39 is 16.0 Å². The first-order valence-corrected chi connectivity index (χ1v) is 22.4. The Morgan fingerprint density at radius 3 is 1.94 bits per heavy atom. The van der Waals surface area contributed by atoms with Crippen molar-refractivity contribution in [2.45, 2.75) is 26.7 Å². The highest BCUT2D eigenvalue weighted by atomic mass is 32.2. The molecule has 0 saturated carbocycles. The molecule has 0 heterocycles. The number of carbonyl (C=O) groups is 1. The second-order valence-electron chi connectivity index (χ2n) is 14.5. The zero-order valence-electron chi connectivity index (χ0n) is 36.1. The number of phenols is 2. The molecule has 17 nitrogen and oxygen atoms in total. The van der Waals surface area contributed by atoms with Gasteiger partial charge in [0.15, 0.2) is 5.75 Å². The molecule has 4 N–H and O–H groups in total. The summed E-state index contributed by atoms with van der Waals surface area (Å²) < 4.78 is 54.4. The lowest BCUT2D eigenvalue weighted by Crippen LogP contribution is -2.12. The number of anilines is 1. The first-order valence-electron chi connectivity index (χ1n) is 20.7. The number of ether oxygens (including phenoxy) is 4. The summed E-state index contributed by atoms with van der Waals surface area (Å²) >= 11 is 0. The fourth-order valence-electron chi connectivity index (χ4n) is 6.64. The van der Waals surface area contributed by atoms with Crippen molar-refractivity contribution in [2.24, 2.45) is 30.7 Å². The van der Waals surface area contributed by atoms with E-state index in [0.29, 0.717) is 87.3 Å². The molecule has 0 unspecified atom stereocenters. The minimum atomic E-state index is -4.03. The molecule has 0 bridgehead atoms. The molecule has 18 heteroatoms. The average molecular weight is 912 g/mol. The van der Waals surface area contributed by atoms with Crippen molar-refractivity contribution in [3.05, 3.63) is 127 Å². The van der Waals surface area contributed by atoms with Gasteiger partial charge in [0.25, 0.3) is 16.0 Å². The van der Waals surface area contributed by atoms with E-state index in [1.807, 2.05) is 32.0 Å². The smallest absolute Gasteiger partial charge is 0.264 e.